The largest absolute Gasteiger partial charge is 0.454 e. The molecule has 172 valence electrons. The quantitative estimate of drug-likeness (QED) is 0.409. The van der Waals surface area contributed by atoms with Crippen molar-refractivity contribution in [2.75, 3.05) is 17.8 Å². The Labute approximate surface area is 196 Å². The highest BCUT2D eigenvalue weighted by atomic mass is 16.7. The topological polar surface area (TPSA) is 104 Å². The average molecular weight is 456 g/mol. The van der Waals surface area contributed by atoms with E-state index in [4.69, 9.17) is 25.2 Å². The van der Waals surface area contributed by atoms with Crippen molar-refractivity contribution in [1.29, 1.82) is 0 Å². The van der Waals surface area contributed by atoms with Gasteiger partial charge >= 0.3 is 0 Å². The number of hydrogen-bond acceptors (Lipinski definition) is 6. The number of aryl methyl sites for hydroxylation is 1. The number of carbonyl (C=O) groups excluding carboxylic acids is 1. The Morgan fingerprint density at radius 2 is 1.88 bits per heavy atom. The first kappa shape index (κ1) is 20.5. The summed E-state index contributed by atoms with van der Waals surface area (Å²) < 4.78 is 12.7. The highest BCUT2D eigenvalue weighted by Crippen LogP contribution is 2.35. The normalized spacial score (nSPS) is 15.0. The van der Waals surface area contributed by atoms with Gasteiger partial charge in [-0.25, -0.2) is 9.97 Å². The number of fused-ring (bicyclic) bond motifs is 3. The van der Waals surface area contributed by atoms with Gasteiger partial charge in [0.2, 0.25) is 6.79 Å². The fourth-order valence-electron chi connectivity index (χ4n) is 4.72. The fraction of sp³-hybridized carbons (Fsp3) is 0.269. The van der Waals surface area contributed by atoms with Crippen molar-refractivity contribution in [2.24, 2.45) is 0 Å². The number of nitrogens with zero attached hydrogens (tertiary/aromatic N) is 3. The third kappa shape index (κ3) is 3.61. The first-order valence-electron chi connectivity index (χ1n) is 11.6. The van der Waals surface area contributed by atoms with E-state index in [0.29, 0.717) is 46.3 Å². The third-order valence-corrected chi connectivity index (χ3v) is 6.49. The zero-order valence-electron chi connectivity index (χ0n) is 18.7. The molecule has 2 aliphatic rings. The van der Waals surface area contributed by atoms with Gasteiger partial charge in [-0.1, -0.05) is 23.8 Å². The lowest BCUT2D eigenvalue weighted by Gasteiger charge is -2.14. The van der Waals surface area contributed by atoms with Crippen LogP contribution in [-0.4, -0.2) is 27.2 Å². The van der Waals surface area contributed by atoms with Crippen molar-refractivity contribution in [3.63, 3.8) is 0 Å². The smallest absolute Gasteiger partial charge is 0.261 e. The van der Waals surface area contributed by atoms with Crippen molar-refractivity contribution < 1.29 is 14.3 Å². The van der Waals surface area contributed by atoms with Crippen LogP contribution in [0.5, 0.6) is 11.5 Å². The van der Waals surface area contributed by atoms with Crippen molar-refractivity contribution >= 4 is 39.6 Å². The van der Waals surface area contributed by atoms with Crippen LogP contribution in [0.25, 0.3) is 22.2 Å². The molecule has 1 aliphatic heterocycles. The maximum Gasteiger partial charge on any atom is 0.261 e. The van der Waals surface area contributed by atoms with Crippen molar-refractivity contribution in [1.82, 2.24) is 14.5 Å². The van der Waals surface area contributed by atoms with Crippen LogP contribution in [0.1, 0.15) is 42.5 Å². The molecule has 0 spiro atoms. The second kappa shape index (κ2) is 8.37. The summed E-state index contributed by atoms with van der Waals surface area (Å²) in [6.07, 6.45) is 7.93. The minimum Gasteiger partial charge on any atom is -0.454 e. The molecule has 3 heterocycles. The Balaban J connectivity index is 1.40. The molecule has 4 aromatic rings. The molecule has 0 unspecified atom stereocenters. The molecule has 6 rings (SSSR count). The first-order chi connectivity index (χ1) is 16.7. The second-order valence-corrected chi connectivity index (χ2v) is 8.68. The molecule has 2 aromatic carbocycles. The molecule has 0 saturated heterocycles. The molecule has 1 amide bonds. The number of hydrogen-bond donors (Lipinski definition) is 2. The number of anilines is 2. The standard InChI is InChI=1S/C26H25N5O3/c27-24-22(26(32)28-17-10-11-20-21(14-17)34-15-33-20)23-25(30-19-9-5-4-8-18(19)29-23)31(24)13-12-16-6-2-1-3-7-16/h4-6,8-11,14H,1-3,7,12-13,15,27H2,(H,28,32). The van der Waals surface area contributed by atoms with Gasteiger partial charge in [-0.2, -0.15) is 0 Å². The number of nitrogens with two attached hydrogens (primary N) is 1. The maximum atomic E-state index is 13.4. The number of allylic oxidation sites excluding steroid dienone is 2. The van der Waals surface area contributed by atoms with Crippen LogP contribution < -0.4 is 20.5 Å². The van der Waals surface area contributed by atoms with Crippen molar-refractivity contribution in [3.8, 4) is 11.5 Å². The maximum absolute atomic E-state index is 13.4. The van der Waals surface area contributed by atoms with Crippen LogP contribution in [-0.2, 0) is 6.54 Å². The highest BCUT2D eigenvalue weighted by Gasteiger charge is 2.25. The Kier molecular flexibility index (Phi) is 5.05. The van der Waals surface area contributed by atoms with Crippen molar-refractivity contribution in [2.45, 2.75) is 38.6 Å². The zero-order valence-corrected chi connectivity index (χ0v) is 18.7. The van der Waals surface area contributed by atoms with Crippen LogP contribution in [0.3, 0.4) is 0 Å². The van der Waals surface area contributed by atoms with Crippen LogP contribution in [0.15, 0.2) is 54.1 Å². The Morgan fingerprint density at radius 1 is 1.06 bits per heavy atom. The molecule has 0 bridgehead atoms. The molecule has 3 N–H and O–H groups in total. The molecule has 0 radical (unpaired) electrons. The number of amides is 1. The number of nitrogens with one attached hydrogen (secondary N) is 1. The van der Waals surface area contributed by atoms with Gasteiger partial charge in [0.1, 0.15) is 16.9 Å². The molecule has 0 atom stereocenters. The number of benzene rings is 2. The van der Waals surface area contributed by atoms with Gasteiger partial charge in [0.05, 0.1) is 11.0 Å². The van der Waals surface area contributed by atoms with Gasteiger partial charge in [-0.05, 0) is 56.4 Å². The van der Waals surface area contributed by atoms with Crippen LogP contribution in [0.2, 0.25) is 0 Å². The van der Waals surface area contributed by atoms with E-state index >= 15 is 0 Å². The van der Waals surface area contributed by atoms with Crippen molar-refractivity contribution in [3.05, 3.63) is 59.7 Å². The van der Waals surface area contributed by atoms with E-state index in [0.717, 1.165) is 30.3 Å². The Morgan fingerprint density at radius 3 is 2.71 bits per heavy atom. The Hall–Kier alpha value is -4.07. The zero-order chi connectivity index (χ0) is 23.1. The van der Waals surface area contributed by atoms with Gasteiger partial charge in [0, 0.05) is 18.3 Å². The number of carbonyl (C=O) groups is 1. The minimum atomic E-state index is -0.332. The molecular weight excluding hydrogens is 430 g/mol. The summed E-state index contributed by atoms with van der Waals surface area (Å²) >= 11 is 0. The summed E-state index contributed by atoms with van der Waals surface area (Å²) in [5, 5.41) is 2.94. The molecule has 1 aliphatic carbocycles. The number of nitrogen functional groups attached to an aromatic ring is 1. The van der Waals surface area contributed by atoms with E-state index in [1.807, 2.05) is 28.8 Å². The summed E-state index contributed by atoms with van der Waals surface area (Å²) in [6.45, 7) is 0.824. The number of ether oxygens (including phenoxy) is 2. The van der Waals surface area contributed by atoms with E-state index in [1.165, 1.54) is 18.4 Å². The number of aromatic nitrogens is 3. The lowest BCUT2D eigenvalue weighted by Crippen LogP contribution is -2.15. The minimum absolute atomic E-state index is 0.173. The molecule has 0 saturated carbocycles. The van der Waals surface area contributed by atoms with E-state index < -0.39 is 0 Å². The molecule has 2 aromatic heterocycles. The summed E-state index contributed by atoms with van der Waals surface area (Å²) in [6, 6.07) is 12.9. The lowest BCUT2D eigenvalue weighted by molar-refractivity contribution is 0.102. The predicted molar refractivity (Wildman–Crippen MR) is 131 cm³/mol. The lowest BCUT2D eigenvalue weighted by atomic mass is 9.97. The molecule has 0 fully saturated rings. The summed E-state index contributed by atoms with van der Waals surface area (Å²) in [5.41, 5.74) is 11.6. The predicted octanol–water partition coefficient (Wildman–Crippen LogP) is 5.04. The molecular formula is C26H25N5O3. The summed E-state index contributed by atoms with van der Waals surface area (Å²) in [7, 11) is 0. The van der Waals surface area contributed by atoms with Gasteiger partial charge in [0.15, 0.2) is 17.1 Å². The highest BCUT2D eigenvalue weighted by molar-refractivity contribution is 6.16. The monoisotopic (exact) mass is 455 g/mol. The second-order valence-electron chi connectivity index (χ2n) is 8.68. The van der Waals surface area contributed by atoms with E-state index in [9.17, 15) is 4.79 Å². The number of para-hydroxylation sites is 2. The van der Waals surface area contributed by atoms with Gasteiger partial charge in [-0.15, -0.1) is 0 Å². The number of rotatable bonds is 5. The summed E-state index contributed by atoms with van der Waals surface area (Å²) in [4.78, 5) is 23.1. The first-order valence-corrected chi connectivity index (χ1v) is 11.6. The van der Waals surface area contributed by atoms with Crippen LogP contribution in [0.4, 0.5) is 11.5 Å². The van der Waals surface area contributed by atoms with Gasteiger partial charge < -0.3 is 25.1 Å². The summed E-state index contributed by atoms with van der Waals surface area (Å²) in [5.74, 6) is 1.30. The van der Waals surface area contributed by atoms with E-state index in [-0.39, 0.29) is 12.7 Å². The molecule has 8 nitrogen and oxygen atoms in total. The third-order valence-electron chi connectivity index (χ3n) is 6.49. The molecule has 34 heavy (non-hydrogen) atoms. The SMILES string of the molecule is Nc1c(C(=O)Nc2ccc3c(c2)OCO3)c2nc3ccccc3nc2n1CCC1=CCCCC1. The van der Waals surface area contributed by atoms with Gasteiger partial charge in [-0.3, -0.25) is 4.79 Å². The molecule has 8 heteroatoms. The van der Waals surface area contributed by atoms with Crippen LogP contribution in [0, 0.1) is 0 Å². The fourth-order valence-corrected chi connectivity index (χ4v) is 4.72. The van der Waals surface area contributed by atoms with Crippen LogP contribution >= 0.6 is 0 Å². The Bertz CT molecular complexity index is 1460. The van der Waals surface area contributed by atoms with E-state index in [2.05, 4.69) is 11.4 Å². The van der Waals surface area contributed by atoms with E-state index in [1.54, 1.807) is 18.2 Å². The average Bonchev–Trinajstić information content (AvgIpc) is 3.43. The van der Waals surface area contributed by atoms with Gasteiger partial charge in [0.25, 0.3) is 5.91 Å².